The van der Waals surface area contributed by atoms with Crippen LogP contribution in [0, 0.1) is 5.41 Å². The van der Waals surface area contributed by atoms with Gasteiger partial charge in [0, 0.05) is 31.7 Å². The first-order chi connectivity index (χ1) is 14.9. The summed E-state index contributed by atoms with van der Waals surface area (Å²) >= 11 is 12.6. The van der Waals surface area contributed by atoms with Crippen LogP contribution in [0.5, 0.6) is 0 Å². The van der Waals surface area contributed by atoms with Crippen molar-refractivity contribution < 1.29 is 0 Å². The van der Waals surface area contributed by atoms with Gasteiger partial charge in [-0.05, 0) is 37.2 Å². The van der Waals surface area contributed by atoms with Gasteiger partial charge in [0.2, 0.25) is 5.95 Å². The van der Waals surface area contributed by atoms with Crippen molar-refractivity contribution in [1.82, 2.24) is 9.55 Å². The van der Waals surface area contributed by atoms with E-state index in [0.29, 0.717) is 45.2 Å². The van der Waals surface area contributed by atoms with E-state index in [2.05, 4.69) is 9.89 Å². The van der Waals surface area contributed by atoms with Crippen LogP contribution in [0.1, 0.15) is 55.3 Å². The van der Waals surface area contributed by atoms with Crippen molar-refractivity contribution in [2.24, 2.45) is 23.2 Å². The first-order valence-electron chi connectivity index (χ1n) is 11.0. The highest BCUT2D eigenvalue weighted by Crippen LogP contribution is 2.44. The van der Waals surface area contributed by atoms with Gasteiger partial charge in [-0.1, -0.05) is 48.2 Å². The Morgan fingerprint density at radius 3 is 2.68 bits per heavy atom. The number of nitrogens with zero attached hydrogens (tertiary/aromatic N) is 4. The minimum Gasteiger partial charge on any atom is -0.342 e. The Kier molecular flexibility index (Phi) is 5.35. The molecule has 0 bridgehead atoms. The van der Waals surface area contributed by atoms with Gasteiger partial charge >= 0.3 is 0 Å². The number of rotatable bonds is 2. The maximum absolute atomic E-state index is 13.4. The van der Waals surface area contributed by atoms with E-state index in [1.165, 1.54) is 19.3 Å². The average Bonchev–Trinajstić information content (AvgIpc) is 3.19. The Bertz CT molecular complexity index is 1120. The number of halogens is 2. The first-order valence-corrected chi connectivity index (χ1v) is 11.8. The SMILES string of the molecule is Cn1c(N2CCC3(CCCCC3N)CC2)nc2c(c1=O)C(c1cccc(Cl)c1Cl)=NC2. The Balaban J connectivity index is 1.45. The number of benzene rings is 1. The third-order valence-electron chi connectivity index (χ3n) is 7.44. The average molecular weight is 460 g/mol. The molecule has 0 amide bonds. The summed E-state index contributed by atoms with van der Waals surface area (Å²) in [5.74, 6) is 0.719. The predicted molar refractivity (Wildman–Crippen MR) is 126 cm³/mol. The summed E-state index contributed by atoms with van der Waals surface area (Å²) in [6.45, 7) is 2.13. The summed E-state index contributed by atoms with van der Waals surface area (Å²) in [4.78, 5) is 25.1. The molecule has 1 aromatic carbocycles. The molecule has 1 saturated carbocycles. The van der Waals surface area contributed by atoms with Gasteiger partial charge in [0.05, 0.1) is 33.6 Å². The fourth-order valence-electron chi connectivity index (χ4n) is 5.51. The third kappa shape index (κ3) is 3.40. The van der Waals surface area contributed by atoms with Crippen LogP contribution in [0.2, 0.25) is 10.0 Å². The summed E-state index contributed by atoms with van der Waals surface area (Å²) < 4.78 is 1.65. The molecule has 6 nitrogen and oxygen atoms in total. The molecule has 1 unspecified atom stereocenters. The van der Waals surface area contributed by atoms with E-state index in [9.17, 15) is 4.79 Å². The Morgan fingerprint density at radius 2 is 1.94 bits per heavy atom. The monoisotopic (exact) mass is 459 g/mol. The first kappa shape index (κ1) is 21.0. The Labute approximate surface area is 192 Å². The van der Waals surface area contributed by atoms with Crippen LogP contribution in [-0.4, -0.2) is 34.4 Å². The minimum absolute atomic E-state index is 0.0954. The van der Waals surface area contributed by atoms with E-state index >= 15 is 0 Å². The van der Waals surface area contributed by atoms with Crippen molar-refractivity contribution in [3.63, 3.8) is 0 Å². The van der Waals surface area contributed by atoms with Crippen LogP contribution < -0.4 is 16.2 Å². The molecular weight excluding hydrogens is 433 g/mol. The van der Waals surface area contributed by atoms with Gasteiger partial charge in [0.1, 0.15) is 0 Å². The van der Waals surface area contributed by atoms with Crippen molar-refractivity contribution in [1.29, 1.82) is 0 Å². The maximum Gasteiger partial charge on any atom is 0.264 e. The lowest BCUT2D eigenvalue weighted by Gasteiger charge is -2.48. The number of anilines is 1. The molecule has 164 valence electrons. The highest BCUT2D eigenvalue weighted by Gasteiger charge is 2.42. The fraction of sp³-hybridized carbons (Fsp3) is 0.522. The van der Waals surface area contributed by atoms with Gasteiger partial charge in [-0.25, -0.2) is 4.98 Å². The Hall–Kier alpha value is -1.89. The normalized spacial score (nSPS) is 22.5. The molecule has 3 aliphatic rings. The highest BCUT2D eigenvalue weighted by molar-refractivity contribution is 6.44. The standard InChI is InChI=1S/C23H27Cl2N5O/c1-29-21(31)18-16(13-27-20(18)14-5-4-6-15(24)19(14)25)28-22(29)30-11-9-23(10-12-30)8-3-2-7-17(23)26/h4-6,17H,2-3,7-13,26H2,1H3. The molecule has 5 rings (SSSR count). The van der Waals surface area contributed by atoms with Gasteiger partial charge in [0.25, 0.3) is 5.56 Å². The molecule has 1 aromatic heterocycles. The van der Waals surface area contributed by atoms with Gasteiger partial charge in [0.15, 0.2) is 0 Å². The smallest absolute Gasteiger partial charge is 0.264 e. The van der Waals surface area contributed by atoms with Crippen LogP contribution in [0.25, 0.3) is 0 Å². The van der Waals surface area contributed by atoms with Gasteiger partial charge < -0.3 is 10.6 Å². The lowest BCUT2D eigenvalue weighted by Crippen LogP contribution is -2.52. The van der Waals surface area contributed by atoms with Crippen molar-refractivity contribution in [2.75, 3.05) is 18.0 Å². The van der Waals surface area contributed by atoms with Gasteiger partial charge in [-0.2, -0.15) is 0 Å². The molecule has 2 aliphatic heterocycles. The summed E-state index contributed by atoms with van der Waals surface area (Å²) in [6.07, 6.45) is 6.97. The molecule has 1 saturated heterocycles. The third-order valence-corrected chi connectivity index (χ3v) is 8.26. The van der Waals surface area contributed by atoms with E-state index in [-0.39, 0.29) is 11.0 Å². The van der Waals surface area contributed by atoms with E-state index in [1.807, 2.05) is 12.1 Å². The second-order valence-corrected chi connectivity index (χ2v) is 9.85. The molecule has 31 heavy (non-hydrogen) atoms. The van der Waals surface area contributed by atoms with Crippen molar-refractivity contribution >= 4 is 34.9 Å². The fourth-order valence-corrected chi connectivity index (χ4v) is 5.90. The molecule has 0 radical (unpaired) electrons. The lowest BCUT2D eigenvalue weighted by atomic mass is 9.65. The summed E-state index contributed by atoms with van der Waals surface area (Å²) in [6, 6.07) is 5.67. The van der Waals surface area contributed by atoms with Crippen molar-refractivity contribution in [3.8, 4) is 0 Å². The topological polar surface area (TPSA) is 76.5 Å². The lowest BCUT2D eigenvalue weighted by molar-refractivity contribution is 0.113. The summed E-state index contributed by atoms with van der Waals surface area (Å²) in [5.41, 5.74) is 9.17. The van der Waals surface area contributed by atoms with E-state index < -0.39 is 0 Å². The number of hydrogen-bond donors (Lipinski definition) is 1. The number of hydrogen-bond acceptors (Lipinski definition) is 5. The molecule has 1 atom stereocenters. The van der Waals surface area contributed by atoms with Crippen LogP contribution >= 0.6 is 23.2 Å². The van der Waals surface area contributed by atoms with Crippen LogP contribution in [0.15, 0.2) is 28.0 Å². The molecule has 1 aliphatic carbocycles. The summed E-state index contributed by atoms with van der Waals surface area (Å²) in [5, 5.41) is 0.854. The van der Waals surface area contributed by atoms with Crippen LogP contribution in [0.4, 0.5) is 5.95 Å². The molecule has 2 N–H and O–H groups in total. The van der Waals surface area contributed by atoms with E-state index in [0.717, 1.165) is 38.3 Å². The number of piperidine rings is 1. The molecule has 8 heteroatoms. The zero-order valence-corrected chi connectivity index (χ0v) is 19.2. The highest BCUT2D eigenvalue weighted by atomic mass is 35.5. The maximum atomic E-state index is 13.4. The number of nitrogens with two attached hydrogens (primary N) is 1. The number of fused-ring (bicyclic) bond motifs is 1. The largest absolute Gasteiger partial charge is 0.342 e. The quantitative estimate of drug-likeness (QED) is 0.737. The van der Waals surface area contributed by atoms with Gasteiger partial charge in [-0.3, -0.25) is 14.4 Å². The van der Waals surface area contributed by atoms with Crippen LogP contribution in [-0.2, 0) is 13.6 Å². The zero-order valence-electron chi connectivity index (χ0n) is 17.7. The Morgan fingerprint density at radius 1 is 1.16 bits per heavy atom. The second-order valence-electron chi connectivity index (χ2n) is 9.07. The number of aliphatic imine (C=N–C) groups is 1. The molecule has 1 spiro atoms. The van der Waals surface area contributed by atoms with Crippen molar-refractivity contribution in [2.45, 2.75) is 51.1 Å². The molecule has 2 aromatic rings. The summed E-state index contributed by atoms with van der Waals surface area (Å²) in [7, 11) is 1.79. The second kappa shape index (κ2) is 7.91. The number of aromatic nitrogens is 2. The van der Waals surface area contributed by atoms with Crippen molar-refractivity contribution in [3.05, 3.63) is 55.4 Å². The molecule has 2 fully saturated rings. The van der Waals surface area contributed by atoms with E-state index in [1.54, 1.807) is 17.7 Å². The zero-order chi connectivity index (χ0) is 21.8. The van der Waals surface area contributed by atoms with Crippen LogP contribution in [0.3, 0.4) is 0 Å². The van der Waals surface area contributed by atoms with Gasteiger partial charge in [-0.15, -0.1) is 0 Å². The minimum atomic E-state index is -0.0954. The predicted octanol–water partition coefficient (Wildman–Crippen LogP) is 3.93. The molecule has 3 heterocycles. The molecular formula is C23H27Cl2N5O. The van der Waals surface area contributed by atoms with E-state index in [4.69, 9.17) is 33.9 Å².